The number of fused-ring (bicyclic) bond motifs is 1. The number of benzene rings is 2. The highest BCUT2D eigenvalue weighted by molar-refractivity contribution is 7.92. The molecule has 2 heterocycles. The number of anilines is 1. The van der Waals surface area contributed by atoms with Crippen LogP contribution in [-0.2, 0) is 16.6 Å². The summed E-state index contributed by atoms with van der Waals surface area (Å²) in [7, 11) is -2.15. The highest BCUT2D eigenvalue weighted by Gasteiger charge is 2.20. The van der Waals surface area contributed by atoms with Crippen molar-refractivity contribution in [3.05, 3.63) is 72.2 Å². The number of furan rings is 1. The van der Waals surface area contributed by atoms with Crippen LogP contribution in [0.4, 0.5) is 5.69 Å². The Hall–Kier alpha value is -3.46. The van der Waals surface area contributed by atoms with Gasteiger partial charge in [0.2, 0.25) is 0 Å². The lowest BCUT2D eigenvalue weighted by molar-refractivity contribution is 0.0775. The number of amides is 1. The molecule has 1 aliphatic heterocycles. The second-order valence-corrected chi connectivity index (χ2v) is 8.41. The van der Waals surface area contributed by atoms with Gasteiger partial charge >= 0.3 is 0 Å². The van der Waals surface area contributed by atoms with Crippen molar-refractivity contribution < 1.29 is 27.1 Å². The maximum atomic E-state index is 12.7. The van der Waals surface area contributed by atoms with Crippen molar-refractivity contribution in [2.45, 2.75) is 11.4 Å². The molecule has 156 valence electrons. The van der Waals surface area contributed by atoms with Gasteiger partial charge in [0.25, 0.3) is 15.9 Å². The van der Waals surface area contributed by atoms with Crippen LogP contribution in [0.1, 0.15) is 16.1 Å². The summed E-state index contributed by atoms with van der Waals surface area (Å²) in [5.41, 5.74) is 0.779. The van der Waals surface area contributed by atoms with Crippen molar-refractivity contribution in [3.63, 3.8) is 0 Å². The molecule has 0 spiro atoms. The predicted octanol–water partition coefficient (Wildman–Crippen LogP) is 3.12. The van der Waals surface area contributed by atoms with E-state index in [1.165, 1.54) is 17.0 Å². The first kappa shape index (κ1) is 19.8. The summed E-state index contributed by atoms with van der Waals surface area (Å²) in [6.45, 7) is 1.14. The first-order valence-corrected chi connectivity index (χ1v) is 10.7. The Labute approximate surface area is 174 Å². The summed E-state index contributed by atoms with van der Waals surface area (Å²) in [6, 6.07) is 14.2. The largest absolute Gasteiger partial charge is 0.486 e. The van der Waals surface area contributed by atoms with Crippen LogP contribution in [0.25, 0.3) is 0 Å². The Morgan fingerprint density at radius 3 is 2.47 bits per heavy atom. The number of carbonyl (C=O) groups is 1. The predicted molar refractivity (Wildman–Crippen MR) is 109 cm³/mol. The molecule has 9 heteroatoms. The number of rotatable bonds is 6. The van der Waals surface area contributed by atoms with Gasteiger partial charge < -0.3 is 18.8 Å². The molecule has 30 heavy (non-hydrogen) atoms. The van der Waals surface area contributed by atoms with Crippen molar-refractivity contribution in [3.8, 4) is 11.5 Å². The van der Waals surface area contributed by atoms with E-state index in [0.717, 1.165) is 0 Å². The Morgan fingerprint density at radius 2 is 1.77 bits per heavy atom. The van der Waals surface area contributed by atoms with Crippen LogP contribution >= 0.6 is 0 Å². The average molecular weight is 428 g/mol. The van der Waals surface area contributed by atoms with E-state index in [1.807, 2.05) is 0 Å². The van der Waals surface area contributed by atoms with Crippen LogP contribution in [0.3, 0.4) is 0 Å². The van der Waals surface area contributed by atoms with Crippen molar-refractivity contribution in [1.82, 2.24) is 4.90 Å². The van der Waals surface area contributed by atoms with Gasteiger partial charge in [0.15, 0.2) is 11.5 Å². The minimum atomic E-state index is -3.82. The number of sulfonamides is 1. The zero-order valence-electron chi connectivity index (χ0n) is 16.2. The smallest absolute Gasteiger partial charge is 0.262 e. The van der Waals surface area contributed by atoms with Gasteiger partial charge in [-0.1, -0.05) is 0 Å². The molecule has 1 aromatic heterocycles. The van der Waals surface area contributed by atoms with Crippen molar-refractivity contribution in [2.24, 2.45) is 0 Å². The summed E-state index contributed by atoms with van der Waals surface area (Å²) >= 11 is 0. The minimum absolute atomic E-state index is 0.0603. The number of nitrogens with one attached hydrogen (secondary N) is 1. The van der Waals surface area contributed by atoms with Gasteiger partial charge in [0, 0.05) is 24.4 Å². The number of carbonyl (C=O) groups excluding carboxylic acids is 1. The van der Waals surface area contributed by atoms with E-state index < -0.39 is 10.0 Å². The average Bonchev–Trinajstić information content (AvgIpc) is 3.26. The van der Waals surface area contributed by atoms with Gasteiger partial charge in [-0.15, -0.1) is 0 Å². The SMILES string of the molecule is CN(Cc1ccco1)C(=O)c1ccc(NS(=O)(=O)c2ccc3c(c2)OCCO3)cc1. The standard InChI is InChI=1S/C21H20N2O6S/c1-23(14-17-3-2-10-27-17)21(24)15-4-6-16(7-5-15)22-30(25,26)18-8-9-19-20(13-18)29-12-11-28-19/h2-10,13,22H,11-12,14H2,1H3. The van der Waals surface area contributed by atoms with Crippen molar-refractivity contribution >= 4 is 21.6 Å². The van der Waals surface area contributed by atoms with Crippen LogP contribution in [0.15, 0.2) is 70.2 Å². The van der Waals surface area contributed by atoms with Crippen LogP contribution in [0.2, 0.25) is 0 Å². The minimum Gasteiger partial charge on any atom is -0.486 e. The lowest BCUT2D eigenvalue weighted by atomic mass is 10.2. The van der Waals surface area contributed by atoms with E-state index in [9.17, 15) is 13.2 Å². The summed E-state index contributed by atoms with van der Waals surface area (Å²) < 4.78 is 44.0. The van der Waals surface area contributed by atoms with Crippen molar-refractivity contribution in [1.29, 1.82) is 0 Å². The molecule has 4 rings (SSSR count). The van der Waals surface area contributed by atoms with E-state index in [0.29, 0.717) is 48.3 Å². The molecule has 0 atom stereocenters. The molecule has 1 amide bonds. The van der Waals surface area contributed by atoms with Crippen molar-refractivity contribution in [2.75, 3.05) is 25.0 Å². The third-order valence-corrected chi connectivity index (χ3v) is 5.91. The third-order valence-electron chi connectivity index (χ3n) is 4.53. The van der Waals surface area contributed by atoms with E-state index >= 15 is 0 Å². The zero-order valence-corrected chi connectivity index (χ0v) is 17.0. The Balaban J connectivity index is 1.45. The molecular formula is C21H20N2O6S. The van der Waals surface area contributed by atoms with Gasteiger partial charge in [-0.2, -0.15) is 0 Å². The van der Waals surface area contributed by atoms with Crippen LogP contribution in [0, 0.1) is 0 Å². The molecule has 0 bridgehead atoms. The van der Waals surface area contributed by atoms with E-state index in [2.05, 4.69) is 4.72 Å². The summed E-state index contributed by atoms with van der Waals surface area (Å²) in [6.07, 6.45) is 1.55. The Morgan fingerprint density at radius 1 is 1.03 bits per heavy atom. The molecule has 0 saturated heterocycles. The fraction of sp³-hybridized carbons (Fsp3) is 0.190. The number of nitrogens with zero attached hydrogens (tertiary/aromatic N) is 1. The van der Waals surface area contributed by atoms with Gasteiger partial charge in [-0.05, 0) is 48.5 Å². The Kier molecular flexibility index (Phi) is 5.37. The lowest BCUT2D eigenvalue weighted by Gasteiger charge is -2.19. The molecule has 2 aromatic carbocycles. The van der Waals surface area contributed by atoms with Gasteiger partial charge in [-0.25, -0.2) is 8.42 Å². The van der Waals surface area contributed by atoms with E-state index in [-0.39, 0.29) is 10.8 Å². The van der Waals surface area contributed by atoms with Gasteiger partial charge in [0.05, 0.1) is 17.7 Å². The molecule has 0 fully saturated rings. The fourth-order valence-electron chi connectivity index (χ4n) is 3.01. The van der Waals surface area contributed by atoms with Crippen LogP contribution in [-0.4, -0.2) is 39.5 Å². The van der Waals surface area contributed by atoms with Gasteiger partial charge in [0.1, 0.15) is 19.0 Å². The maximum Gasteiger partial charge on any atom is 0.262 e. The second kappa shape index (κ2) is 8.11. The summed E-state index contributed by atoms with van der Waals surface area (Å²) in [5, 5.41) is 0. The first-order valence-electron chi connectivity index (χ1n) is 9.23. The van der Waals surface area contributed by atoms with Gasteiger partial charge in [-0.3, -0.25) is 9.52 Å². The molecule has 0 aliphatic carbocycles. The molecule has 0 unspecified atom stereocenters. The number of ether oxygens (including phenoxy) is 2. The molecule has 3 aromatic rings. The fourth-order valence-corrected chi connectivity index (χ4v) is 4.09. The topological polar surface area (TPSA) is 98.1 Å². The Bertz CT molecular complexity index is 1140. The highest BCUT2D eigenvalue weighted by Crippen LogP contribution is 2.32. The molecule has 0 radical (unpaired) electrons. The third kappa shape index (κ3) is 4.25. The van der Waals surface area contributed by atoms with E-state index in [4.69, 9.17) is 13.9 Å². The summed E-state index contributed by atoms with van der Waals surface area (Å²) in [5.74, 6) is 1.38. The van der Waals surface area contributed by atoms with Crippen LogP contribution < -0.4 is 14.2 Å². The molecule has 0 saturated carbocycles. The van der Waals surface area contributed by atoms with Crippen LogP contribution in [0.5, 0.6) is 11.5 Å². The second-order valence-electron chi connectivity index (χ2n) is 6.73. The monoisotopic (exact) mass is 428 g/mol. The molecular weight excluding hydrogens is 408 g/mol. The quantitative estimate of drug-likeness (QED) is 0.648. The highest BCUT2D eigenvalue weighted by atomic mass is 32.2. The molecule has 1 aliphatic rings. The first-order chi connectivity index (χ1) is 14.4. The normalized spacial score (nSPS) is 13.0. The maximum absolute atomic E-state index is 12.7. The lowest BCUT2D eigenvalue weighted by Crippen LogP contribution is -2.26. The number of hydrogen-bond acceptors (Lipinski definition) is 6. The molecule has 1 N–H and O–H groups in total. The number of hydrogen-bond donors (Lipinski definition) is 1. The zero-order chi connectivity index (χ0) is 21.1. The van der Waals surface area contributed by atoms with E-state index in [1.54, 1.807) is 55.8 Å². The summed E-state index contributed by atoms with van der Waals surface area (Å²) in [4.78, 5) is 14.1. The molecule has 8 nitrogen and oxygen atoms in total.